The number of nitrogens with one attached hydrogen (secondary N) is 2. The second-order valence-corrected chi connectivity index (χ2v) is 6.64. The summed E-state index contributed by atoms with van der Waals surface area (Å²) in [5.74, 6) is 0.0172. The highest BCUT2D eigenvalue weighted by atomic mass is 16.5. The number of anilines is 1. The van der Waals surface area contributed by atoms with Gasteiger partial charge < -0.3 is 20.3 Å². The predicted octanol–water partition coefficient (Wildman–Crippen LogP) is 2.08. The van der Waals surface area contributed by atoms with Gasteiger partial charge in [0.05, 0.1) is 6.54 Å². The zero-order valence-electron chi connectivity index (χ0n) is 16.3. The van der Waals surface area contributed by atoms with Gasteiger partial charge in [-0.1, -0.05) is 24.3 Å². The smallest absolute Gasteiger partial charge is 0.258 e. The predicted molar refractivity (Wildman–Crippen MR) is 107 cm³/mol. The summed E-state index contributed by atoms with van der Waals surface area (Å²) in [6.07, 6.45) is 0. The van der Waals surface area contributed by atoms with Gasteiger partial charge in [-0.3, -0.25) is 14.4 Å². The van der Waals surface area contributed by atoms with E-state index in [4.69, 9.17) is 4.74 Å². The average Bonchev–Trinajstić information content (AvgIpc) is 2.64. The second-order valence-electron chi connectivity index (χ2n) is 6.64. The van der Waals surface area contributed by atoms with Crippen LogP contribution in [0.15, 0.2) is 48.5 Å². The van der Waals surface area contributed by atoms with E-state index in [1.807, 2.05) is 32.3 Å². The number of ketones is 1. The summed E-state index contributed by atoms with van der Waals surface area (Å²) in [5.41, 5.74) is 2.07. The summed E-state index contributed by atoms with van der Waals surface area (Å²) < 4.78 is 5.43. The van der Waals surface area contributed by atoms with E-state index in [9.17, 15) is 14.4 Å². The van der Waals surface area contributed by atoms with Crippen molar-refractivity contribution in [2.45, 2.75) is 13.5 Å². The summed E-state index contributed by atoms with van der Waals surface area (Å²) >= 11 is 0. The van der Waals surface area contributed by atoms with Crippen molar-refractivity contribution in [3.05, 3.63) is 59.7 Å². The number of carbonyl (C=O) groups is 3. The summed E-state index contributed by atoms with van der Waals surface area (Å²) in [5, 5.41) is 5.58. The molecule has 2 rings (SSSR count). The lowest BCUT2D eigenvalue weighted by molar-refractivity contribution is -0.123. The van der Waals surface area contributed by atoms with Crippen LogP contribution >= 0.6 is 0 Å². The van der Waals surface area contributed by atoms with E-state index in [1.54, 1.807) is 35.2 Å². The van der Waals surface area contributed by atoms with Crippen LogP contribution in [0, 0.1) is 0 Å². The van der Waals surface area contributed by atoms with Gasteiger partial charge in [0.15, 0.2) is 12.4 Å². The minimum Gasteiger partial charge on any atom is -0.484 e. The third-order valence-corrected chi connectivity index (χ3v) is 3.77. The van der Waals surface area contributed by atoms with Gasteiger partial charge in [-0.05, 0) is 50.8 Å². The van der Waals surface area contributed by atoms with Gasteiger partial charge in [-0.25, -0.2) is 0 Å². The highest BCUT2D eigenvalue weighted by Gasteiger charge is 2.07. The van der Waals surface area contributed by atoms with E-state index in [-0.39, 0.29) is 24.2 Å². The molecule has 0 aromatic heterocycles. The summed E-state index contributed by atoms with van der Waals surface area (Å²) in [6.45, 7) is 1.93. The number of hydrogen-bond donors (Lipinski definition) is 2. The molecule has 0 aliphatic carbocycles. The molecule has 2 aromatic carbocycles. The molecule has 0 saturated heterocycles. The molecule has 148 valence electrons. The normalized spacial score (nSPS) is 10.4. The molecule has 0 radical (unpaired) electrons. The molecular formula is C21H25N3O4. The Bertz CT molecular complexity index is 849. The van der Waals surface area contributed by atoms with Gasteiger partial charge in [0, 0.05) is 17.8 Å². The first-order chi connectivity index (χ1) is 13.3. The van der Waals surface area contributed by atoms with Gasteiger partial charge >= 0.3 is 0 Å². The van der Waals surface area contributed by atoms with Crippen molar-refractivity contribution in [3.63, 3.8) is 0 Å². The van der Waals surface area contributed by atoms with Crippen LogP contribution in [0.4, 0.5) is 5.69 Å². The largest absolute Gasteiger partial charge is 0.484 e. The maximum Gasteiger partial charge on any atom is 0.258 e. The van der Waals surface area contributed by atoms with Crippen molar-refractivity contribution < 1.29 is 19.1 Å². The van der Waals surface area contributed by atoms with E-state index in [1.165, 1.54) is 6.92 Å². The number of benzene rings is 2. The Morgan fingerprint density at radius 1 is 1.00 bits per heavy atom. The first-order valence-corrected chi connectivity index (χ1v) is 8.87. The molecule has 0 aliphatic heterocycles. The van der Waals surface area contributed by atoms with E-state index in [0.29, 0.717) is 30.1 Å². The molecule has 7 heteroatoms. The lowest BCUT2D eigenvalue weighted by atomic mass is 10.1. The molecule has 0 heterocycles. The van der Waals surface area contributed by atoms with E-state index in [0.717, 1.165) is 5.56 Å². The monoisotopic (exact) mass is 383 g/mol. The summed E-state index contributed by atoms with van der Waals surface area (Å²) in [4.78, 5) is 37.0. The number of rotatable bonds is 9. The second kappa shape index (κ2) is 10.2. The highest BCUT2D eigenvalue weighted by molar-refractivity contribution is 5.94. The minimum absolute atomic E-state index is 0.0625. The summed E-state index contributed by atoms with van der Waals surface area (Å²) in [7, 11) is 3.65. The number of likely N-dealkylation sites (N-methyl/N-ethyl adjacent to an activating group) is 1. The molecule has 2 aromatic rings. The topological polar surface area (TPSA) is 87.7 Å². The van der Waals surface area contributed by atoms with Crippen molar-refractivity contribution in [1.29, 1.82) is 0 Å². The van der Waals surface area contributed by atoms with Crippen LogP contribution in [-0.4, -0.2) is 49.7 Å². The third kappa shape index (κ3) is 7.20. The fourth-order valence-electron chi connectivity index (χ4n) is 2.45. The minimum atomic E-state index is -0.282. The van der Waals surface area contributed by atoms with Crippen molar-refractivity contribution in [1.82, 2.24) is 10.2 Å². The van der Waals surface area contributed by atoms with Gasteiger partial charge in [0.25, 0.3) is 5.91 Å². The molecule has 2 N–H and O–H groups in total. The SMILES string of the molecule is CC(=O)c1cccc(OCC(=O)NCc2cccc(NC(=O)CN(C)C)c2)c1. The van der Waals surface area contributed by atoms with Crippen LogP contribution in [0.1, 0.15) is 22.8 Å². The van der Waals surface area contributed by atoms with Crippen LogP contribution in [0.5, 0.6) is 5.75 Å². The maximum absolute atomic E-state index is 12.0. The number of carbonyl (C=O) groups excluding carboxylic acids is 3. The fraction of sp³-hybridized carbons (Fsp3) is 0.286. The van der Waals surface area contributed by atoms with Crippen LogP contribution in [0.3, 0.4) is 0 Å². The molecule has 0 fully saturated rings. The molecule has 7 nitrogen and oxygen atoms in total. The molecule has 0 spiro atoms. The molecule has 0 aliphatic rings. The van der Waals surface area contributed by atoms with Crippen molar-refractivity contribution in [2.75, 3.05) is 32.6 Å². The highest BCUT2D eigenvalue weighted by Crippen LogP contribution is 2.14. The zero-order chi connectivity index (χ0) is 20.5. The Hall–Kier alpha value is -3.19. The standard InChI is InChI=1S/C21H25N3O4/c1-15(25)17-7-5-9-19(11-17)28-14-21(27)22-12-16-6-4-8-18(10-16)23-20(26)13-24(2)3/h4-11H,12-14H2,1-3H3,(H,22,27)(H,23,26). The number of Topliss-reactive ketones (excluding diaryl/α,β-unsaturated/α-hetero) is 1. The van der Waals surface area contributed by atoms with E-state index in [2.05, 4.69) is 10.6 Å². The molecule has 2 amide bonds. The molecule has 0 atom stereocenters. The van der Waals surface area contributed by atoms with E-state index < -0.39 is 0 Å². The van der Waals surface area contributed by atoms with Crippen LogP contribution in [-0.2, 0) is 16.1 Å². The Balaban J connectivity index is 1.82. The first-order valence-electron chi connectivity index (χ1n) is 8.87. The Morgan fingerprint density at radius 3 is 2.46 bits per heavy atom. The number of amides is 2. The van der Waals surface area contributed by atoms with E-state index >= 15 is 0 Å². The molecular weight excluding hydrogens is 358 g/mol. The summed E-state index contributed by atoms with van der Waals surface area (Å²) in [6, 6.07) is 14.0. The lowest BCUT2D eigenvalue weighted by Crippen LogP contribution is -2.28. The number of ether oxygens (including phenoxy) is 1. The van der Waals surface area contributed by atoms with Crippen LogP contribution in [0.25, 0.3) is 0 Å². The number of nitrogens with zero attached hydrogens (tertiary/aromatic N) is 1. The molecule has 0 saturated carbocycles. The van der Waals surface area contributed by atoms with Crippen LogP contribution < -0.4 is 15.4 Å². The quantitative estimate of drug-likeness (QED) is 0.648. The molecule has 28 heavy (non-hydrogen) atoms. The third-order valence-electron chi connectivity index (χ3n) is 3.77. The molecule has 0 bridgehead atoms. The van der Waals surface area contributed by atoms with Crippen molar-refractivity contribution in [2.24, 2.45) is 0 Å². The number of hydrogen-bond acceptors (Lipinski definition) is 5. The van der Waals surface area contributed by atoms with Gasteiger partial charge in [-0.2, -0.15) is 0 Å². The van der Waals surface area contributed by atoms with Gasteiger partial charge in [0.2, 0.25) is 5.91 Å². The maximum atomic E-state index is 12.0. The van der Waals surface area contributed by atoms with Crippen LogP contribution in [0.2, 0.25) is 0 Å². The lowest BCUT2D eigenvalue weighted by Gasteiger charge is -2.11. The zero-order valence-corrected chi connectivity index (χ0v) is 16.3. The van der Waals surface area contributed by atoms with Crippen molar-refractivity contribution >= 4 is 23.3 Å². The Morgan fingerprint density at radius 2 is 1.75 bits per heavy atom. The Labute approximate surface area is 164 Å². The van der Waals surface area contributed by atoms with Gasteiger partial charge in [-0.15, -0.1) is 0 Å². The van der Waals surface area contributed by atoms with Crippen molar-refractivity contribution in [3.8, 4) is 5.75 Å². The first kappa shape index (κ1) is 21.1. The van der Waals surface area contributed by atoms with Gasteiger partial charge in [0.1, 0.15) is 5.75 Å². The molecule has 0 unspecified atom stereocenters. The average molecular weight is 383 g/mol. The Kier molecular flexibility index (Phi) is 7.71. The fourth-order valence-corrected chi connectivity index (χ4v) is 2.45.